The number of aryl methyl sites for hydroxylation is 1. The first kappa shape index (κ1) is 25.3. The largest absolute Gasteiger partial charge is 0.299 e. The molecule has 1 atom stereocenters. The second-order valence-corrected chi connectivity index (χ2v) is 11.2. The van der Waals surface area contributed by atoms with E-state index in [0.717, 1.165) is 49.2 Å². The highest BCUT2D eigenvalue weighted by atomic mass is 32.2. The molecule has 1 aliphatic rings. The fraction of sp³-hybridized carbons (Fsp3) is 0.519. The molecule has 6 heteroatoms. The van der Waals surface area contributed by atoms with E-state index >= 15 is 0 Å². The van der Waals surface area contributed by atoms with Crippen LogP contribution < -0.4 is 4.72 Å². The lowest BCUT2D eigenvalue weighted by atomic mass is 9.76. The molecule has 0 aliphatic carbocycles. The Labute approximate surface area is 199 Å². The molecule has 0 amide bonds. The lowest BCUT2D eigenvalue weighted by molar-refractivity contribution is 0.158. The Bertz CT molecular complexity index is 1070. The van der Waals surface area contributed by atoms with Crippen LogP contribution in [0.1, 0.15) is 73.6 Å². The summed E-state index contributed by atoms with van der Waals surface area (Å²) in [7, 11) is -3.30. The number of sulfonamides is 1. The molecule has 3 rings (SSSR count). The molecule has 1 saturated heterocycles. The molecule has 0 aromatic heterocycles. The van der Waals surface area contributed by atoms with Crippen molar-refractivity contribution in [3.8, 4) is 6.07 Å². The van der Waals surface area contributed by atoms with E-state index in [0.29, 0.717) is 17.5 Å². The predicted molar refractivity (Wildman–Crippen MR) is 136 cm³/mol. The number of piperidine rings is 1. The van der Waals surface area contributed by atoms with E-state index in [-0.39, 0.29) is 0 Å². The summed E-state index contributed by atoms with van der Waals surface area (Å²) in [5.41, 5.74) is 4.91. The normalized spacial score (nSPS) is 16.3. The number of nitrogens with one attached hydrogen (secondary N) is 1. The Morgan fingerprint density at radius 2 is 1.88 bits per heavy atom. The molecule has 0 saturated carbocycles. The number of hydrogen-bond acceptors (Lipinski definition) is 4. The van der Waals surface area contributed by atoms with Gasteiger partial charge in [-0.05, 0) is 79.9 Å². The minimum absolute atomic E-state index is 0.532. The van der Waals surface area contributed by atoms with Crippen molar-refractivity contribution in [1.82, 2.24) is 4.90 Å². The minimum atomic E-state index is -3.30. The molecular weight excluding hydrogens is 430 g/mol. The van der Waals surface area contributed by atoms with Gasteiger partial charge in [-0.2, -0.15) is 5.26 Å². The third-order valence-electron chi connectivity index (χ3n) is 6.83. The van der Waals surface area contributed by atoms with Gasteiger partial charge in [0.15, 0.2) is 0 Å². The van der Waals surface area contributed by atoms with Crippen molar-refractivity contribution in [1.29, 1.82) is 5.26 Å². The number of nitriles is 1. The predicted octanol–water partition coefficient (Wildman–Crippen LogP) is 5.81. The first-order valence-electron chi connectivity index (χ1n) is 12.1. The van der Waals surface area contributed by atoms with Crippen molar-refractivity contribution in [3.05, 3.63) is 64.7 Å². The Morgan fingerprint density at radius 1 is 1.15 bits per heavy atom. The van der Waals surface area contributed by atoms with Gasteiger partial charge in [0.25, 0.3) is 0 Å². The van der Waals surface area contributed by atoms with E-state index in [1.807, 2.05) is 37.3 Å². The standard InChI is InChI=1S/C27H37N3O2S/c1-4-5-6-10-26(23-12-13-24(19-28)21(2)18-23)22-14-16-30(17-15-22)20-25-9-7-8-11-27(25)29-33(3,31)32/h7-9,11-13,18,22,26,29H,4-6,10,14-17,20H2,1-3H3. The maximum atomic E-state index is 11.7. The minimum Gasteiger partial charge on any atom is -0.299 e. The molecule has 0 bridgehead atoms. The van der Waals surface area contributed by atoms with Gasteiger partial charge < -0.3 is 0 Å². The summed E-state index contributed by atoms with van der Waals surface area (Å²) in [6, 6.07) is 16.3. The monoisotopic (exact) mass is 467 g/mol. The average molecular weight is 468 g/mol. The van der Waals surface area contributed by atoms with E-state index in [2.05, 4.69) is 34.7 Å². The number of rotatable bonds is 10. The summed E-state index contributed by atoms with van der Waals surface area (Å²) in [6.07, 6.45) is 8.39. The maximum absolute atomic E-state index is 11.7. The van der Waals surface area contributed by atoms with Gasteiger partial charge in [0.05, 0.1) is 23.6 Å². The van der Waals surface area contributed by atoms with Crippen molar-refractivity contribution in [2.45, 2.75) is 64.8 Å². The van der Waals surface area contributed by atoms with Crippen LogP contribution >= 0.6 is 0 Å². The summed E-state index contributed by atoms with van der Waals surface area (Å²) < 4.78 is 26.1. The second kappa shape index (κ2) is 11.7. The van der Waals surface area contributed by atoms with Crippen LogP contribution in [-0.4, -0.2) is 32.7 Å². The number of anilines is 1. The smallest absolute Gasteiger partial charge is 0.229 e. The fourth-order valence-corrected chi connectivity index (χ4v) is 5.64. The SMILES string of the molecule is CCCCCC(c1ccc(C#N)c(C)c1)C1CCN(Cc2ccccc2NS(C)(=O)=O)CC1. The second-order valence-electron chi connectivity index (χ2n) is 9.43. The van der Waals surface area contributed by atoms with E-state index in [1.165, 1.54) is 37.5 Å². The zero-order valence-electron chi connectivity index (χ0n) is 20.2. The summed E-state index contributed by atoms with van der Waals surface area (Å²) in [5, 5.41) is 9.31. The number of nitrogens with zero attached hydrogens (tertiary/aromatic N) is 2. The molecular formula is C27H37N3O2S. The van der Waals surface area contributed by atoms with Gasteiger partial charge in [-0.1, -0.05) is 56.5 Å². The summed E-state index contributed by atoms with van der Waals surface area (Å²) >= 11 is 0. The van der Waals surface area contributed by atoms with Gasteiger partial charge in [-0.3, -0.25) is 9.62 Å². The molecule has 1 fully saturated rings. The molecule has 0 radical (unpaired) electrons. The van der Waals surface area contributed by atoms with Gasteiger partial charge in [0.2, 0.25) is 10.0 Å². The number of benzene rings is 2. The molecule has 5 nitrogen and oxygen atoms in total. The van der Waals surface area contributed by atoms with Crippen LogP contribution in [0.2, 0.25) is 0 Å². The molecule has 1 heterocycles. The zero-order valence-corrected chi connectivity index (χ0v) is 21.0. The van der Waals surface area contributed by atoms with Gasteiger partial charge in [0.1, 0.15) is 0 Å². The van der Waals surface area contributed by atoms with Crippen molar-refractivity contribution in [2.24, 2.45) is 5.92 Å². The van der Waals surface area contributed by atoms with Crippen molar-refractivity contribution in [2.75, 3.05) is 24.1 Å². The van der Waals surface area contributed by atoms with Crippen LogP contribution in [0.3, 0.4) is 0 Å². The van der Waals surface area contributed by atoms with Crippen molar-refractivity contribution in [3.63, 3.8) is 0 Å². The number of para-hydroxylation sites is 1. The summed E-state index contributed by atoms with van der Waals surface area (Å²) in [4.78, 5) is 2.44. The first-order valence-corrected chi connectivity index (χ1v) is 14.0. The molecule has 1 unspecified atom stereocenters. The maximum Gasteiger partial charge on any atom is 0.229 e. The third-order valence-corrected chi connectivity index (χ3v) is 7.42. The Kier molecular flexibility index (Phi) is 8.94. The summed E-state index contributed by atoms with van der Waals surface area (Å²) in [6.45, 7) is 7.06. The Morgan fingerprint density at radius 3 is 2.52 bits per heavy atom. The van der Waals surface area contributed by atoms with Crippen molar-refractivity contribution >= 4 is 15.7 Å². The van der Waals surface area contributed by atoms with Gasteiger partial charge >= 0.3 is 0 Å². The van der Waals surface area contributed by atoms with E-state index < -0.39 is 10.0 Å². The topological polar surface area (TPSA) is 73.2 Å². The van der Waals surface area contributed by atoms with Gasteiger partial charge in [0, 0.05) is 6.54 Å². The van der Waals surface area contributed by atoms with E-state index in [9.17, 15) is 13.7 Å². The highest BCUT2D eigenvalue weighted by Crippen LogP contribution is 2.37. The van der Waals surface area contributed by atoms with Crippen LogP contribution in [0.5, 0.6) is 0 Å². The first-order chi connectivity index (χ1) is 15.8. The average Bonchev–Trinajstić information content (AvgIpc) is 2.78. The number of likely N-dealkylation sites (tertiary alicyclic amines) is 1. The van der Waals surface area contributed by atoms with Crippen molar-refractivity contribution < 1.29 is 8.42 Å². The quantitative estimate of drug-likeness (QED) is 0.447. The number of hydrogen-bond donors (Lipinski definition) is 1. The van der Waals surface area contributed by atoms with Crippen LogP contribution in [-0.2, 0) is 16.6 Å². The Hall–Kier alpha value is -2.36. The highest BCUT2D eigenvalue weighted by molar-refractivity contribution is 7.92. The molecule has 0 spiro atoms. The van der Waals surface area contributed by atoms with E-state index in [1.54, 1.807) is 0 Å². The third kappa shape index (κ3) is 7.31. The summed E-state index contributed by atoms with van der Waals surface area (Å²) in [5.74, 6) is 1.17. The lowest BCUT2D eigenvalue weighted by Crippen LogP contribution is -2.35. The Balaban J connectivity index is 1.68. The molecule has 1 aliphatic heterocycles. The number of unbranched alkanes of at least 4 members (excludes halogenated alkanes) is 2. The van der Waals surface area contributed by atoms with E-state index in [4.69, 9.17) is 0 Å². The fourth-order valence-electron chi connectivity index (χ4n) is 5.04. The van der Waals surface area contributed by atoms with Crippen LogP contribution in [0.4, 0.5) is 5.69 Å². The van der Waals surface area contributed by atoms with Crippen LogP contribution in [0, 0.1) is 24.2 Å². The zero-order chi connectivity index (χ0) is 23.8. The molecule has 33 heavy (non-hydrogen) atoms. The van der Waals surface area contributed by atoms with Crippen LogP contribution in [0.15, 0.2) is 42.5 Å². The molecule has 1 N–H and O–H groups in total. The van der Waals surface area contributed by atoms with Crippen LogP contribution in [0.25, 0.3) is 0 Å². The lowest BCUT2D eigenvalue weighted by Gasteiger charge is -2.37. The molecule has 2 aromatic rings. The van der Waals surface area contributed by atoms with Gasteiger partial charge in [-0.25, -0.2) is 8.42 Å². The molecule has 2 aromatic carbocycles. The molecule has 178 valence electrons. The highest BCUT2D eigenvalue weighted by Gasteiger charge is 2.28. The van der Waals surface area contributed by atoms with Gasteiger partial charge in [-0.15, -0.1) is 0 Å².